The van der Waals surface area contributed by atoms with Gasteiger partial charge in [-0.1, -0.05) is 22.4 Å². The molecule has 0 radical (unpaired) electrons. The number of piperidine rings is 1. The summed E-state index contributed by atoms with van der Waals surface area (Å²) in [7, 11) is 0. The Hall–Kier alpha value is -1.07. The van der Waals surface area contributed by atoms with E-state index in [0.717, 1.165) is 29.8 Å². The van der Waals surface area contributed by atoms with Crippen molar-refractivity contribution in [2.75, 3.05) is 31.1 Å². The Morgan fingerprint density at radius 2 is 2.10 bits per heavy atom. The summed E-state index contributed by atoms with van der Waals surface area (Å²) in [5, 5.41) is 9.37. The van der Waals surface area contributed by atoms with Crippen molar-refractivity contribution in [3.05, 3.63) is 28.2 Å². The van der Waals surface area contributed by atoms with Crippen molar-refractivity contribution in [3.8, 4) is 0 Å². The van der Waals surface area contributed by atoms with Crippen LogP contribution in [0.5, 0.6) is 0 Å². The average molecular weight is 339 g/mol. The number of hydrogen-bond acceptors (Lipinski definition) is 3. The second-order valence-electron chi connectivity index (χ2n) is 5.60. The minimum Gasteiger partial charge on any atom is -0.478 e. The number of halogens is 1. The van der Waals surface area contributed by atoms with Crippen LogP contribution in [-0.2, 0) is 0 Å². The number of rotatable bonds is 2. The maximum atomic E-state index is 11.4. The van der Waals surface area contributed by atoms with Gasteiger partial charge in [0, 0.05) is 30.1 Å². The first-order valence-electron chi connectivity index (χ1n) is 7.17. The van der Waals surface area contributed by atoms with E-state index in [1.807, 2.05) is 6.07 Å². The van der Waals surface area contributed by atoms with Gasteiger partial charge in [0.2, 0.25) is 0 Å². The summed E-state index contributed by atoms with van der Waals surface area (Å²) < 4.78 is 0.934. The summed E-state index contributed by atoms with van der Waals surface area (Å²) >= 11 is 3.45. The maximum Gasteiger partial charge on any atom is 0.337 e. The van der Waals surface area contributed by atoms with Gasteiger partial charge in [-0.3, -0.25) is 4.90 Å². The van der Waals surface area contributed by atoms with Crippen molar-refractivity contribution < 1.29 is 9.90 Å². The molecule has 20 heavy (non-hydrogen) atoms. The molecular formula is C15H19BrN2O2. The number of piperazine rings is 1. The molecule has 0 bridgehead atoms. The van der Waals surface area contributed by atoms with Crippen LogP contribution in [0.3, 0.4) is 0 Å². The van der Waals surface area contributed by atoms with E-state index in [2.05, 4.69) is 25.7 Å². The molecule has 0 aromatic heterocycles. The van der Waals surface area contributed by atoms with Gasteiger partial charge >= 0.3 is 5.97 Å². The molecule has 2 aliphatic heterocycles. The van der Waals surface area contributed by atoms with Gasteiger partial charge in [0.25, 0.3) is 0 Å². The molecule has 3 rings (SSSR count). The fraction of sp³-hybridized carbons (Fsp3) is 0.533. The molecule has 1 aromatic rings. The van der Waals surface area contributed by atoms with Crippen molar-refractivity contribution in [2.45, 2.75) is 25.3 Å². The molecule has 2 aliphatic rings. The summed E-state index contributed by atoms with van der Waals surface area (Å²) in [5.74, 6) is -0.849. The lowest BCUT2D eigenvalue weighted by molar-refractivity contribution is 0.0696. The first-order chi connectivity index (χ1) is 9.65. The van der Waals surface area contributed by atoms with Crippen LogP contribution in [0.2, 0.25) is 0 Å². The molecule has 2 saturated heterocycles. The van der Waals surface area contributed by atoms with Gasteiger partial charge in [0.05, 0.1) is 11.3 Å². The molecule has 5 heteroatoms. The van der Waals surface area contributed by atoms with Crippen molar-refractivity contribution >= 4 is 27.6 Å². The highest BCUT2D eigenvalue weighted by atomic mass is 79.9. The number of carboxylic acids is 1. The first-order valence-corrected chi connectivity index (χ1v) is 7.96. The summed E-state index contributed by atoms with van der Waals surface area (Å²) in [4.78, 5) is 16.2. The second-order valence-corrected chi connectivity index (χ2v) is 6.51. The Morgan fingerprint density at radius 3 is 2.90 bits per heavy atom. The van der Waals surface area contributed by atoms with E-state index in [0.29, 0.717) is 11.6 Å². The van der Waals surface area contributed by atoms with Gasteiger partial charge in [0.1, 0.15) is 0 Å². The molecule has 1 atom stereocenters. The predicted octanol–water partition coefficient (Wildman–Crippen LogP) is 2.82. The summed E-state index contributed by atoms with van der Waals surface area (Å²) in [6.07, 6.45) is 3.82. The van der Waals surface area contributed by atoms with E-state index < -0.39 is 5.97 Å². The van der Waals surface area contributed by atoms with E-state index in [-0.39, 0.29) is 0 Å². The number of aromatic carboxylic acids is 1. The maximum absolute atomic E-state index is 11.4. The zero-order valence-electron chi connectivity index (χ0n) is 11.4. The molecule has 4 nitrogen and oxygen atoms in total. The molecule has 1 unspecified atom stereocenters. The predicted molar refractivity (Wildman–Crippen MR) is 82.5 cm³/mol. The van der Waals surface area contributed by atoms with Crippen LogP contribution < -0.4 is 4.90 Å². The molecule has 0 aliphatic carbocycles. The fourth-order valence-electron chi connectivity index (χ4n) is 3.32. The van der Waals surface area contributed by atoms with Gasteiger partial charge in [-0.25, -0.2) is 4.79 Å². The number of nitrogens with zero attached hydrogens (tertiary/aromatic N) is 2. The molecule has 0 spiro atoms. The topological polar surface area (TPSA) is 43.8 Å². The Bertz CT molecular complexity index is 521. The average Bonchev–Trinajstić information content (AvgIpc) is 2.46. The summed E-state index contributed by atoms with van der Waals surface area (Å²) in [6, 6.07) is 6.00. The third kappa shape index (κ3) is 2.69. The summed E-state index contributed by atoms with van der Waals surface area (Å²) in [5.41, 5.74) is 1.24. The molecule has 0 saturated carbocycles. The minimum atomic E-state index is -0.849. The number of carbonyl (C=O) groups is 1. The molecular weight excluding hydrogens is 320 g/mol. The van der Waals surface area contributed by atoms with Crippen LogP contribution >= 0.6 is 15.9 Å². The van der Waals surface area contributed by atoms with E-state index in [4.69, 9.17) is 0 Å². The highest BCUT2D eigenvalue weighted by Gasteiger charge is 2.30. The molecule has 2 fully saturated rings. The van der Waals surface area contributed by atoms with Crippen LogP contribution in [-0.4, -0.2) is 48.2 Å². The van der Waals surface area contributed by atoms with Crippen molar-refractivity contribution in [2.24, 2.45) is 0 Å². The van der Waals surface area contributed by atoms with Gasteiger partial charge in [-0.05, 0) is 37.6 Å². The number of benzene rings is 1. The van der Waals surface area contributed by atoms with Gasteiger partial charge in [-0.15, -0.1) is 0 Å². The van der Waals surface area contributed by atoms with Crippen molar-refractivity contribution in [3.63, 3.8) is 0 Å². The van der Waals surface area contributed by atoms with Crippen LogP contribution in [0.1, 0.15) is 29.6 Å². The van der Waals surface area contributed by atoms with Crippen LogP contribution in [0.25, 0.3) is 0 Å². The zero-order valence-corrected chi connectivity index (χ0v) is 13.0. The largest absolute Gasteiger partial charge is 0.478 e. The quantitative estimate of drug-likeness (QED) is 0.900. The summed E-state index contributed by atoms with van der Waals surface area (Å²) in [6.45, 7) is 4.09. The SMILES string of the molecule is O=C(O)c1ccc(Br)cc1N1CCN2CCCCC2C1. The number of carboxylic acid groups (broad SMARTS) is 1. The van der Waals surface area contributed by atoms with E-state index in [1.165, 1.54) is 25.8 Å². The Morgan fingerprint density at radius 1 is 1.25 bits per heavy atom. The Kier molecular flexibility index (Phi) is 3.98. The van der Waals surface area contributed by atoms with Crippen LogP contribution in [0, 0.1) is 0 Å². The minimum absolute atomic E-state index is 0.400. The molecule has 108 valence electrons. The lowest BCUT2D eigenvalue weighted by Gasteiger charge is -2.45. The zero-order chi connectivity index (χ0) is 14.1. The second kappa shape index (κ2) is 5.74. The van der Waals surface area contributed by atoms with Gasteiger partial charge in [0.15, 0.2) is 0 Å². The number of fused-ring (bicyclic) bond motifs is 1. The number of hydrogen-bond donors (Lipinski definition) is 1. The van der Waals surface area contributed by atoms with Crippen molar-refractivity contribution in [1.82, 2.24) is 4.90 Å². The molecule has 1 N–H and O–H groups in total. The van der Waals surface area contributed by atoms with Crippen LogP contribution in [0.15, 0.2) is 22.7 Å². The third-order valence-corrected chi connectivity index (χ3v) is 4.86. The monoisotopic (exact) mass is 338 g/mol. The molecule has 1 aromatic carbocycles. The normalized spacial score (nSPS) is 23.4. The highest BCUT2D eigenvalue weighted by Crippen LogP contribution is 2.29. The first kappa shape index (κ1) is 13.9. The lowest BCUT2D eigenvalue weighted by atomic mass is 9.98. The number of anilines is 1. The Balaban J connectivity index is 1.85. The van der Waals surface area contributed by atoms with E-state index in [9.17, 15) is 9.90 Å². The molecule has 2 heterocycles. The van der Waals surface area contributed by atoms with Crippen molar-refractivity contribution in [1.29, 1.82) is 0 Å². The van der Waals surface area contributed by atoms with Gasteiger partial charge in [-0.2, -0.15) is 0 Å². The third-order valence-electron chi connectivity index (χ3n) is 4.37. The van der Waals surface area contributed by atoms with Gasteiger partial charge < -0.3 is 10.0 Å². The molecule has 0 amide bonds. The van der Waals surface area contributed by atoms with E-state index >= 15 is 0 Å². The lowest BCUT2D eigenvalue weighted by Crippen LogP contribution is -2.55. The standard InChI is InChI=1S/C15H19BrN2O2/c16-11-4-5-13(15(19)20)14(9-11)18-8-7-17-6-2-1-3-12(17)10-18/h4-5,9,12H,1-3,6-8,10H2,(H,19,20). The smallest absolute Gasteiger partial charge is 0.337 e. The van der Waals surface area contributed by atoms with E-state index in [1.54, 1.807) is 12.1 Å². The highest BCUT2D eigenvalue weighted by molar-refractivity contribution is 9.10. The van der Waals surface area contributed by atoms with Crippen LogP contribution in [0.4, 0.5) is 5.69 Å². The Labute approximate surface area is 127 Å². The fourth-order valence-corrected chi connectivity index (χ4v) is 3.67.